The van der Waals surface area contributed by atoms with Crippen molar-refractivity contribution in [3.05, 3.63) is 18.3 Å². The Labute approximate surface area is 109 Å². The number of H-pyrrole nitrogens is 1. The Morgan fingerprint density at radius 2 is 2.37 bits per heavy atom. The first-order chi connectivity index (χ1) is 9.16. The lowest BCUT2D eigenvalue weighted by Gasteiger charge is -2.25. The van der Waals surface area contributed by atoms with Gasteiger partial charge in [0.05, 0.1) is 24.1 Å². The second kappa shape index (κ2) is 3.75. The Bertz CT molecular complexity index is 741. The van der Waals surface area contributed by atoms with Gasteiger partial charge in [-0.25, -0.2) is 13.4 Å². The van der Waals surface area contributed by atoms with Gasteiger partial charge in [-0.15, -0.1) is 0 Å². The van der Waals surface area contributed by atoms with Gasteiger partial charge >= 0.3 is 0 Å². The molecular weight excluding hydrogens is 268 g/mol. The molecule has 100 valence electrons. The molecule has 8 heteroatoms. The number of nitrogens with one attached hydrogen (secondary N) is 1. The highest BCUT2D eigenvalue weighted by Gasteiger charge is 2.46. The summed E-state index contributed by atoms with van der Waals surface area (Å²) in [4.78, 5) is 4.06. The molecular formula is C11H12N4O3S. The number of sulfonamides is 1. The molecule has 2 aliphatic heterocycles. The van der Waals surface area contributed by atoms with Gasteiger partial charge in [-0.3, -0.25) is 5.10 Å². The molecule has 2 aromatic rings. The molecule has 0 radical (unpaired) electrons. The molecule has 0 saturated carbocycles. The van der Waals surface area contributed by atoms with Crippen molar-refractivity contribution in [2.45, 2.75) is 23.6 Å². The number of hydrogen-bond acceptors (Lipinski definition) is 5. The Hall–Kier alpha value is -1.51. The standard InChI is InChI=1S/C11H12N4O3S/c16-19(17,15-5-8-4-7(15)6-18-8)11-9-2-1-3-12-10(9)13-14-11/h1-3,7-8H,4-6H2,(H,12,13,14)/t7?,8-/m1/s1. The van der Waals surface area contributed by atoms with Crippen LogP contribution in [0.3, 0.4) is 0 Å². The quantitative estimate of drug-likeness (QED) is 0.844. The Balaban J connectivity index is 1.83. The first-order valence-electron chi connectivity index (χ1n) is 6.09. The van der Waals surface area contributed by atoms with Crippen LogP contribution < -0.4 is 0 Å². The predicted octanol–water partition coefficient (Wildman–Crippen LogP) is 0.120. The number of aromatic amines is 1. The number of rotatable bonds is 2. The van der Waals surface area contributed by atoms with Gasteiger partial charge in [0.25, 0.3) is 10.0 Å². The number of fused-ring (bicyclic) bond motifs is 3. The highest BCUT2D eigenvalue weighted by Crippen LogP contribution is 2.33. The number of ether oxygens (including phenoxy) is 1. The Morgan fingerprint density at radius 3 is 3.11 bits per heavy atom. The average Bonchev–Trinajstić information content (AvgIpc) is 3.13. The lowest BCUT2D eigenvalue weighted by atomic mass is 10.3. The lowest BCUT2D eigenvalue weighted by molar-refractivity contribution is 0.0608. The topological polar surface area (TPSA) is 88.2 Å². The molecule has 4 heterocycles. The minimum atomic E-state index is -3.58. The maximum Gasteiger partial charge on any atom is 0.263 e. The molecule has 0 spiro atoms. The molecule has 2 aliphatic rings. The molecule has 4 rings (SSSR count). The first-order valence-corrected chi connectivity index (χ1v) is 7.53. The summed E-state index contributed by atoms with van der Waals surface area (Å²) >= 11 is 0. The summed E-state index contributed by atoms with van der Waals surface area (Å²) < 4.78 is 32.3. The fraction of sp³-hybridized carbons (Fsp3) is 0.455. The average molecular weight is 280 g/mol. The highest BCUT2D eigenvalue weighted by molar-refractivity contribution is 7.89. The third-order valence-corrected chi connectivity index (χ3v) is 5.57. The van der Waals surface area contributed by atoms with Crippen molar-refractivity contribution < 1.29 is 13.2 Å². The van der Waals surface area contributed by atoms with E-state index in [9.17, 15) is 8.42 Å². The van der Waals surface area contributed by atoms with Crippen molar-refractivity contribution in [2.24, 2.45) is 0 Å². The molecule has 2 saturated heterocycles. The Morgan fingerprint density at radius 1 is 1.47 bits per heavy atom. The lowest BCUT2D eigenvalue weighted by Crippen LogP contribution is -2.41. The largest absolute Gasteiger partial charge is 0.375 e. The SMILES string of the molecule is O=S(=O)(c1n[nH]c2ncccc12)N1C[C@H]2CC1CO2. The molecule has 1 unspecified atom stereocenters. The van der Waals surface area contributed by atoms with Crippen molar-refractivity contribution in [1.29, 1.82) is 0 Å². The minimum absolute atomic E-state index is 0.0307. The molecule has 2 fully saturated rings. The zero-order valence-electron chi connectivity index (χ0n) is 9.98. The van der Waals surface area contributed by atoms with E-state index >= 15 is 0 Å². The maximum absolute atomic E-state index is 12.7. The first kappa shape index (κ1) is 11.3. The van der Waals surface area contributed by atoms with Crippen molar-refractivity contribution in [2.75, 3.05) is 13.2 Å². The maximum atomic E-state index is 12.7. The van der Waals surface area contributed by atoms with Crippen LogP contribution in [-0.4, -0.2) is 53.2 Å². The van der Waals surface area contributed by atoms with Crippen LogP contribution in [0.2, 0.25) is 0 Å². The summed E-state index contributed by atoms with van der Waals surface area (Å²) in [5.74, 6) is 0. The van der Waals surface area contributed by atoms with Gasteiger partial charge in [-0.1, -0.05) is 0 Å². The molecule has 0 aliphatic carbocycles. The molecule has 2 bridgehead atoms. The number of morpholine rings is 1. The van der Waals surface area contributed by atoms with Gasteiger partial charge in [0.15, 0.2) is 5.65 Å². The van der Waals surface area contributed by atoms with Crippen LogP contribution in [-0.2, 0) is 14.8 Å². The summed E-state index contributed by atoms with van der Waals surface area (Å²) in [7, 11) is -3.58. The van der Waals surface area contributed by atoms with Crippen molar-refractivity contribution in [3.63, 3.8) is 0 Å². The molecule has 2 atom stereocenters. The molecule has 0 amide bonds. The normalized spacial score (nSPS) is 27.4. The number of pyridine rings is 1. The molecule has 7 nitrogen and oxygen atoms in total. The fourth-order valence-electron chi connectivity index (χ4n) is 2.80. The van der Waals surface area contributed by atoms with Crippen LogP contribution >= 0.6 is 0 Å². The number of aromatic nitrogens is 3. The minimum Gasteiger partial charge on any atom is -0.375 e. The summed E-state index contributed by atoms with van der Waals surface area (Å²) in [5, 5.41) is 7.19. The summed E-state index contributed by atoms with van der Waals surface area (Å²) in [6.07, 6.45) is 2.41. The van der Waals surface area contributed by atoms with Gasteiger partial charge in [0.2, 0.25) is 5.03 Å². The van der Waals surface area contributed by atoms with E-state index in [-0.39, 0.29) is 17.2 Å². The smallest absolute Gasteiger partial charge is 0.263 e. The van der Waals surface area contributed by atoms with Crippen molar-refractivity contribution in [3.8, 4) is 0 Å². The van der Waals surface area contributed by atoms with E-state index < -0.39 is 10.0 Å². The molecule has 2 aromatic heterocycles. The van der Waals surface area contributed by atoms with E-state index in [1.165, 1.54) is 4.31 Å². The van der Waals surface area contributed by atoms with Crippen LogP contribution in [0.5, 0.6) is 0 Å². The van der Waals surface area contributed by atoms with Gasteiger partial charge in [0, 0.05) is 12.7 Å². The van der Waals surface area contributed by atoms with Crippen LogP contribution in [0.4, 0.5) is 0 Å². The number of hydrogen-bond donors (Lipinski definition) is 1. The highest BCUT2D eigenvalue weighted by atomic mass is 32.2. The molecule has 1 N–H and O–H groups in total. The fourth-order valence-corrected chi connectivity index (χ4v) is 4.53. The van der Waals surface area contributed by atoms with E-state index in [1.54, 1.807) is 18.3 Å². The zero-order valence-corrected chi connectivity index (χ0v) is 10.8. The van der Waals surface area contributed by atoms with E-state index in [1.807, 2.05) is 0 Å². The van der Waals surface area contributed by atoms with E-state index in [2.05, 4.69) is 15.2 Å². The van der Waals surface area contributed by atoms with Gasteiger partial charge in [0.1, 0.15) is 0 Å². The van der Waals surface area contributed by atoms with E-state index in [4.69, 9.17) is 4.74 Å². The second-order valence-corrected chi connectivity index (χ2v) is 6.65. The van der Waals surface area contributed by atoms with Gasteiger partial charge in [-0.2, -0.15) is 9.40 Å². The van der Waals surface area contributed by atoms with Crippen LogP contribution in [0.15, 0.2) is 23.4 Å². The van der Waals surface area contributed by atoms with Gasteiger partial charge < -0.3 is 4.74 Å². The molecule has 19 heavy (non-hydrogen) atoms. The summed E-state index contributed by atoms with van der Waals surface area (Å²) in [6.45, 7) is 0.895. The van der Waals surface area contributed by atoms with Crippen LogP contribution in [0, 0.1) is 0 Å². The molecule has 0 aromatic carbocycles. The van der Waals surface area contributed by atoms with Crippen molar-refractivity contribution >= 4 is 21.1 Å². The number of nitrogens with zero attached hydrogens (tertiary/aromatic N) is 3. The van der Waals surface area contributed by atoms with E-state index in [0.29, 0.717) is 24.2 Å². The summed E-state index contributed by atoms with van der Waals surface area (Å²) in [5.41, 5.74) is 0.488. The predicted molar refractivity (Wildman–Crippen MR) is 65.9 cm³/mol. The Kier molecular flexibility index (Phi) is 2.23. The second-order valence-electron chi connectivity index (χ2n) is 4.85. The van der Waals surface area contributed by atoms with E-state index in [0.717, 1.165) is 6.42 Å². The van der Waals surface area contributed by atoms with Crippen molar-refractivity contribution in [1.82, 2.24) is 19.5 Å². The summed E-state index contributed by atoms with van der Waals surface area (Å²) in [6, 6.07) is 3.36. The van der Waals surface area contributed by atoms with Crippen LogP contribution in [0.1, 0.15) is 6.42 Å². The van der Waals surface area contributed by atoms with Crippen LogP contribution in [0.25, 0.3) is 11.0 Å². The monoisotopic (exact) mass is 280 g/mol. The van der Waals surface area contributed by atoms with Gasteiger partial charge in [-0.05, 0) is 18.6 Å². The third-order valence-electron chi connectivity index (χ3n) is 3.70. The zero-order chi connectivity index (χ0) is 13.0. The third kappa shape index (κ3) is 1.54.